The van der Waals surface area contributed by atoms with Crippen LogP contribution in [0.3, 0.4) is 0 Å². The zero-order valence-electron chi connectivity index (χ0n) is 13.3. The maximum atomic E-state index is 10.2. The average molecular weight is 272 g/mol. The third kappa shape index (κ3) is 5.80. The number of aliphatic hydroxyl groups is 1. The number of hydrogen-bond acceptors (Lipinski definition) is 3. The van der Waals surface area contributed by atoms with Crippen LogP contribution in [0.2, 0.25) is 0 Å². The maximum absolute atomic E-state index is 10.2. The molecule has 0 bridgehead atoms. The highest BCUT2D eigenvalue weighted by Gasteiger charge is 2.38. The minimum absolute atomic E-state index is 0.121. The summed E-state index contributed by atoms with van der Waals surface area (Å²) in [5.41, 5.74) is -0.793. The lowest BCUT2D eigenvalue weighted by atomic mass is 9.92. The van der Waals surface area contributed by atoms with Crippen molar-refractivity contribution in [3.63, 3.8) is 0 Å². The predicted octanol–water partition coefficient (Wildman–Crippen LogP) is 3.88. The molecule has 19 heavy (non-hydrogen) atoms. The van der Waals surface area contributed by atoms with Crippen LogP contribution in [0.4, 0.5) is 0 Å². The first-order valence-electron chi connectivity index (χ1n) is 7.87. The molecule has 0 unspecified atom stereocenters. The topological polar surface area (TPSA) is 38.7 Å². The Morgan fingerprint density at radius 2 is 1.84 bits per heavy atom. The molecular weight excluding hydrogens is 240 g/mol. The van der Waals surface area contributed by atoms with Gasteiger partial charge in [0.25, 0.3) is 0 Å². The molecule has 3 heteroatoms. The molecule has 1 N–H and O–H groups in total. The average Bonchev–Trinajstić information content (AvgIpc) is 2.33. The molecule has 1 aliphatic heterocycles. The third-order valence-corrected chi connectivity index (χ3v) is 3.81. The van der Waals surface area contributed by atoms with Crippen molar-refractivity contribution >= 4 is 0 Å². The van der Waals surface area contributed by atoms with Crippen LogP contribution in [0.15, 0.2) is 0 Å². The Bertz CT molecular complexity index is 245. The van der Waals surface area contributed by atoms with Crippen LogP contribution in [0.1, 0.15) is 73.1 Å². The fraction of sp³-hybridized carbons (Fsp3) is 1.00. The first kappa shape index (κ1) is 16.9. The van der Waals surface area contributed by atoms with Crippen molar-refractivity contribution < 1.29 is 14.6 Å². The molecule has 3 nitrogen and oxygen atoms in total. The van der Waals surface area contributed by atoms with Gasteiger partial charge in [0.2, 0.25) is 0 Å². The fourth-order valence-corrected chi connectivity index (χ4v) is 2.49. The second kappa shape index (κ2) is 7.61. The van der Waals surface area contributed by atoms with E-state index in [-0.39, 0.29) is 18.5 Å². The van der Waals surface area contributed by atoms with Crippen LogP contribution >= 0.6 is 0 Å². The molecule has 1 saturated heterocycles. The van der Waals surface area contributed by atoms with Gasteiger partial charge in [-0.2, -0.15) is 0 Å². The Morgan fingerprint density at radius 1 is 1.16 bits per heavy atom. The molecule has 0 aliphatic carbocycles. The standard InChI is InChI=1S/C16H32O3/c1-6-7-8-9-10-13-11-14(16(4,5)17)19-15(18-13)12(2)3/h12-15,17H,6-11H2,1-5H3/t13-,14+,15-/m0/s1. The minimum atomic E-state index is -0.793. The molecular formula is C16H32O3. The van der Waals surface area contributed by atoms with Crippen LogP contribution < -0.4 is 0 Å². The lowest BCUT2D eigenvalue weighted by molar-refractivity contribution is -0.287. The second-order valence-electron chi connectivity index (χ2n) is 6.73. The summed E-state index contributed by atoms with van der Waals surface area (Å²) in [4.78, 5) is 0. The van der Waals surface area contributed by atoms with Gasteiger partial charge in [-0.15, -0.1) is 0 Å². The molecule has 1 heterocycles. The zero-order valence-corrected chi connectivity index (χ0v) is 13.3. The van der Waals surface area contributed by atoms with Crippen molar-refractivity contribution in [3.8, 4) is 0 Å². The van der Waals surface area contributed by atoms with Gasteiger partial charge in [-0.05, 0) is 20.3 Å². The van der Waals surface area contributed by atoms with Crippen molar-refractivity contribution in [1.82, 2.24) is 0 Å². The van der Waals surface area contributed by atoms with Gasteiger partial charge in [0.05, 0.1) is 17.8 Å². The molecule has 0 aromatic carbocycles. The first-order valence-corrected chi connectivity index (χ1v) is 7.87. The first-order chi connectivity index (χ1) is 8.84. The molecule has 0 aromatic heterocycles. The highest BCUT2D eigenvalue weighted by atomic mass is 16.7. The van der Waals surface area contributed by atoms with E-state index < -0.39 is 5.60 Å². The summed E-state index contributed by atoms with van der Waals surface area (Å²) in [5, 5.41) is 10.2. The van der Waals surface area contributed by atoms with Crippen molar-refractivity contribution in [1.29, 1.82) is 0 Å². The van der Waals surface area contributed by atoms with E-state index >= 15 is 0 Å². The highest BCUT2D eigenvalue weighted by Crippen LogP contribution is 2.31. The molecule has 1 aliphatic rings. The third-order valence-electron chi connectivity index (χ3n) is 3.81. The van der Waals surface area contributed by atoms with E-state index in [2.05, 4.69) is 20.8 Å². The summed E-state index contributed by atoms with van der Waals surface area (Å²) in [7, 11) is 0. The molecule has 0 spiro atoms. The van der Waals surface area contributed by atoms with E-state index in [9.17, 15) is 5.11 Å². The predicted molar refractivity (Wildman–Crippen MR) is 78.0 cm³/mol. The second-order valence-corrected chi connectivity index (χ2v) is 6.73. The summed E-state index contributed by atoms with van der Waals surface area (Å²) in [6, 6.07) is 0. The van der Waals surface area contributed by atoms with Gasteiger partial charge in [-0.3, -0.25) is 0 Å². The smallest absolute Gasteiger partial charge is 0.160 e. The Balaban J connectivity index is 2.50. The van der Waals surface area contributed by atoms with E-state index in [4.69, 9.17) is 9.47 Å². The Hall–Kier alpha value is -0.120. The monoisotopic (exact) mass is 272 g/mol. The molecule has 0 radical (unpaired) electrons. The van der Waals surface area contributed by atoms with E-state index in [1.807, 2.05) is 13.8 Å². The maximum Gasteiger partial charge on any atom is 0.160 e. The molecule has 1 rings (SSSR count). The normalized spacial score (nSPS) is 28.9. The van der Waals surface area contributed by atoms with Gasteiger partial charge in [0.15, 0.2) is 6.29 Å². The zero-order chi connectivity index (χ0) is 14.5. The largest absolute Gasteiger partial charge is 0.388 e. The summed E-state index contributed by atoms with van der Waals surface area (Å²) in [6.07, 6.45) is 6.86. The van der Waals surface area contributed by atoms with Crippen LogP contribution in [0.25, 0.3) is 0 Å². The van der Waals surface area contributed by atoms with Gasteiger partial charge in [-0.25, -0.2) is 0 Å². The van der Waals surface area contributed by atoms with Gasteiger partial charge < -0.3 is 14.6 Å². The van der Waals surface area contributed by atoms with Gasteiger partial charge >= 0.3 is 0 Å². The summed E-state index contributed by atoms with van der Waals surface area (Å²) in [5.74, 6) is 0.322. The van der Waals surface area contributed by atoms with Crippen molar-refractivity contribution in [2.75, 3.05) is 0 Å². The van der Waals surface area contributed by atoms with Crippen molar-refractivity contribution in [3.05, 3.63) is 0 Å². The van der Waals surface area contributed by atoms with E-state index in [1.54, 1.807) is 0 Å². The summed E-state index contributed by atoms with van der Waals surface area (Å²) >= 11 is 0. The van der Waals surface area contributed by atoms with Crippen LogP contribution in [0.5, 0.6) is 0 Å². The van der Waals surface area contributed by atoms with E-state index in [0.717, 1.165) is 12.8 Å². The lowest BCUT2D eigenvalue weighted by Crippen LogP contribution is -2.49. The molecule has 1 fully saturated rings. The SMILES string of the molecule is CCCCCC[C@H]1C[C@H](C(C)(C)O)O[C@@H](C(C)C)O1. The Labute approximate surface area is 118 Å². The highest BCUT2D eigenvalue weighted by molar-refractivity contribution is 4.85. The van der Waals surface area contributed by atoms with Crippen molar-refractivity contribution in [2.24, 2.45) is 5.92 Å². The Morgan fingerprint density at radius 3 is 2.37 bits per heavy atom. The summed E-state index contributed by atoms with van der Waals surface area (Å²) < 4.78 is 11.9. The number of unbranched alkanes of at least 4 members (excludes halogenated alkanes) is 3. The molecule has 0 saturated carbocycles. The van der Waals surface area contributed by atoms with Crippen LogP contribution in [-0.2, 0) is 9.47 Å². The molecule has 0 amide bonds. The van der Waals surface area contributed by atoms with E-state index in [0.29, 0.717) is 5.92 Å². The van der Waals surface area contributed by atoms with Crippen LogP contribution in [-0.4, -0.2) is 29.2 Å². The van der Waals surface area contributed by atoms with Gasteiger partial charge in [0.1, 0.15) is 0 Å². The van der Waals surface area contributed by atoms with Crippen LogP contribution in [0, 0.1) is 5.92 Å². The number of rotatable bonds is 7. The number of hydrogen-bond donors (Lipinski definition) is 1. The fourth-order valence-electron chi connectivity index (χ4n) is 2.49. The summed E-state index contributed by atoms with van der Waals surface area (Å²) in [6.45, 7) is 10.1. The molecule has 114 valence electrons. The van der Waals surface area contributed by atoms with Gasteiger partial charge in [0, 0.05) is 12.3 Å². The molecule has 0 aromatic rings. The lowest BCUT2D eigenvalue weighted by Gasteiger charge is -2.42. The van der Waals surface area contributed by atoms with E-state index in [1.165, 1.54) is 25.7 Å². The minimum Gasteiger partial charge on any atom is -0.388 e. The van der Waals surface area contributed by atoms with Gasteiger partial charge in [-0.1, -0.05) is 46.5 Å². The molecule has 3 atom stereocenters. The van der Waals surface area contributed by atoms with Crippen molar-refractivity contribution in [2.45, 2.75) is 97.2 Å². The Kier molecular flexibility index (Phi) is 6.78. The number of ether oxygens (including phenoxy) is 2. The quantitative estimate of drug-likeness (QED) is 0.715.